The number of amides is 1. The molecule has 2 aromatic rings. The zero-order valence-electron chi connectivity index (χ0n) is 14.1. The summed E-state index contributed by atoms with van der Waals surface area (Å²) in [5.74, 6) is 1.32. The standard InChI is InChI=1S/C19H23NO3/c1-19(2,15-8-6-5-7-9-15)20-18(21)13-14-12-16(22-3)10-11-17(14)23-4/h5-12H,13H2,1-4H3,(H,20,21). The monoisotopic (exact) mass is 313 g/mol. The van der Waals surface area contributed by atoms with Gasteiger partial charge < -0.3 is 14.8 Å². The Kier molecular flexibility index (Phi) is 5.27. The van der Waals surface area contributed by atoms with Crippen LogP contribution in [0.25, 0.3) is 0 Å². The van der Waals surface area contributed by atoms with Crippen molar-refractivity contribution >= 4 is 5.91 Å². The van der Waals surface area contributed by atoms with E-state index in [1.165, 1.54) is 0 Å². The molecule has 0 spiro atoms. The molecule has 4 nitrogen and oxygen atoms in total. The van der Waals surface area contributed by atoms with Crippen molar-refractivity contribution in [2.24, 2.45) is 0 Å². The van der Waals surface area contributed by atoms with Crippen molar-refractivity contribution in [3.05, 3.63) is 59.7 Å². The topological polar surface area (TPSA) is 47.6 Å². The molecule has 1 amide bonds. The van der Waals surface area contributed by atoms with E-state index >= 15 is 0 Å². The molecule has 2 aromatic carbocycles. The molecule has 0 bridgehead atoms. The van der Waals surface area contributed by atoms with Gasteiger partial charge in [0, 0.05) is 5.56 Å². The van der Waals surface area contributed by atoms with Gasteiger partial charge in [-0.25, -0.2) is 0 Å². The van der Waals surface area contributed by atoms with Crippen molar-refractivity contribution in [2.45, 2.75) is 25.8 Å². The van der Waals surface area contributed by atoms with Crippen molar-refractivity contribution in [1.29, 1.82) is 0 Å². The summed E-state index contributed by atoms with van der Waals surface area (Å²) < 4.78 is 10.5. The van der Waals surface area contributed by atoms with Gasteiger partial charge >= 0.3 is 0 Å². The predicted molar refractivity (Wildman–Crippen MR) is 90.9 cm³/mol. The molecule has 1 N–H and O–H groups in total. The Balaban J connectivity index is 2.13. The SMILES string of the molecule is COc1ccc(OC)c(CC(=O)NC(C)(C)c2ccccc2)c1. The first-order valence-corrected chi connectivity index (χ1v) is 7.53. The van der Waals surface area contributed by atoms with Crippen LogP contribution in [-0.2, 0) is 16.8 Å². The number of rotatable bonds is 6. The maximum Gasteiger partial charge on any atom is 0.225 e. The highest BCUT2D eigenvalue weighted by Crippen LogP contribution is 2.25. The van der Waals surface area contributed by atoms with Gasteiger partial charge in [-0.05, 0) is 37.6 Å². The van der Waals surface area contributed by atoms with E-state index in [1.54, 1.807) is 14.2 Å². The number of carbonyl (C=O) groups excluding carboxylic acids is 1. The first-order chi connectivity index (χ1) is 11.0. The van der Waals surface area contributed by atoms with Crippen LogP contribution in [0.15, 0.2) is 48.5 Å². The largest absolute Gasteiger partial charge is 0.497 e. The van der Waals surface area contributed by atoms with Gasteiger partial charge in [-0.15, -0.1) is 0 Å². The average molecular weight is 313 g/mol. The van der Waals surface area contributed by atoms with Crippen molar-refractivity contribution in [3.8, 4) is 11.5 Å². The summed E-state index contributed by atoms with van der Waals surface area (Å²) in [5.41, 5.74) is 1.42. The van der Waals surface area contributed by atoms with Crippen LogP contribution in [0.4, 0.5) is 0 Å². The van der Waals surface area contributed by atoms with Crippen LogP contribution in [0.5, 0.6) is 11.5 Å². The third-order valence-corrected chi connectivity index (χ3v) is 3.79. The maximum absolute atomic E-state index is 12.5. The van der Waals surface area contributed by atoms with Crippen LogP contribution in [-0.4, -0.2) is 20.1 Å². The summed E-state index contributed by atoms with van der Waals surface area (Å²) in [6.07, 6.45) is 0.233. The van der Waals surface area contributed by atoms with E-state index in [0.717, 1.165) is 11.1 Å². The maximum atomic E-state index is 12.5. The lowest BCUT2D eigenvalue weighted by molar-refractivity contribution is -0.122. The molecule has 122 valence electrons. The van der Waals surface area contributed by atoms with Gasteiger partial charge in [-0.2, -0.15) is 0 Å². The van der Waals surface area contributed by atoms with E-state index in [0.29, 0.717) is 11.5 Å². The summed E-state index contributed by atoms with van der Waals surface area (Å²) in [4.78, 5) is 12.5. The average Bonchev–Trinajstić information content (AvgIpc) is 2.55. The van der Waals surface area contributed by atoms with Gasteiger partial charge in [0.25, 0.3) is 0 Å². The molecule has 23 heavy (non-hydrogen) atoms. The highest BCUT2D eigenvalue weighted by molar-refractivity contribution is 5.80. The highest BCUT2D eigenvalue weighted by Gasteiger charge is 2.23. The van der Waals surface area contributed by atoms with Crippen LogP contribution in [0.1, 0.15) is 25.0 Å². The second-order valence-corrected chi connectivity index (χ2v) is 5.89. The van der Waals surface area contributed by atoms with Crippen LogP contribution in [0.2, 0.25) is 0 Å². The van der Waals surface area contributed by atoms with Gasteiger partial charge in [0.05, 0.1) is 26.2 Å². The molecule has 0 saturated carbocycles. The molecule has 0 unspecified atom stereocenters. The van der Waals surface area contributed by atoms with Crippen LogP contribution < -0.4 is 14.8 Å². The van der Waals surface area contributed by atoms with Crippen molar-refractivity contribution in [2.75, 3.05) is 14.2 Å². The van der Waals surface area contributed by atoms with Gasteiger partial charge in [0.1, 0.15) is 11.5 Å². The molecule has 0 aliphatic carbocycles. The number of benzene rings is 2. The second kappa shape index (κ2) is 7.18. The van der Waals surface area contributed by atoms with Crippen LogP contribution in [0.3, 0.4) is 0 Å². The van der Waals surface area contributed by atoms with Crippen LogP contribution >= 0.6 is 0 Å². The molecule has 0 heterocycles. The number of methoxy groups -OCH3 is 2. The second-order valence-electron chi connectivity index (χ2n) is 5.89. The van der Waals surface area contributed by atoms with E-state index in [-0.39, 0.29) is 12.3 Å². The van der Waals surface area contributed by atoms with Gasteiger partial charge in [-0.1, -0.05) is 30.3 Å². The summed E-state index contributed by atoms with van der Waals surface area (Å²) in [5, 5.41) is 3.07. The normalized spacial score (nSPS) is 11.0. The number of carbonyl (C=O) groups is 1. The first kappa shape index (κ1) is 16.9. The van der Waals surface area contributed by atoms with Crippen molar-refractivity contribution < 1.29 is 14.3 Å². The molecular formula is C19H23NO3. The first-order valence-electron chi connectivity index (χ1n) is 7.53. The molecule has 0 fully saturated rings. The van der Waals surface area contributed by atoms with E-state index < -0.39 is 5.54 Å². The Bertz CT molecular complexity index is 666. The lowest BCUT2D eigenvalue weighted by Gasteiger charge is -2.27. The minimum absolute atomic E-state index is 0.0644. The summed E-state index contributed by atoms with van der Waals surface area (Å²) >= 11 is 0. The lowest BCUT2D eigenvalue weighted by Crippen LogP contribution is -2.41. The van der Waals surface area contributed by atoms with Crippen LogP contribution in [0, 0.1) is 0 Å². The minimum Gasteiger partial charge on any atom is -0.497 e. The molecule has 2 rings (SSSR count). The smallest absolute Gasteiger partial charge is 0.225 e. The Hall–Kier alpha value is -2.49. The molecule has 0 aliphatic rings. The van der Waals surface area contributed by atoms with Crippen molar-refractivity contribution in [1.82, 2.24) is 5.32 Å². The van der Waals surface area contributed by atoms with E-state index in [1.807, 2.05) is 62.4 Å². The van der Waals surface area contributed by atoms with Crippen molar-refractivity contribution in [3.63, 3.8) is 0 Å². The molecule has 0 aliphatic heterocycles. The Morgan fingerprint density at radius 2 is 1.74 bits per heavy atom. The Morgan fingerprint density at radius 3 is 2.35 bits per heavy atom. The third kappa shape index (κ3) is 4.25. The highest BCUT2D eigenvalue weighted by atomic mass is 16.5. The zero-order valence-corrected chi connectivity index (χ0v) is 14.1. The summed E-state index contributed by atoms with van der Waals surface area (Å²) in [6.45, 7) is 3.98. The molecule has 0 atom stereocenters. The third-order valence-electron chi connectivity index (χ3n) is 3.79. The number of hydrogen-bond acceptors (Lipinski definition) is 3. The zero-order chi connectivity index (χ0) is 16.9. The Morgan fingerprint density at radius 1 is 1.04 bits per heavy atom. The predicted octanol–water partition coefficient (Wildman–Crippen LogP) is 3.30. The Labute approximate surface area is 137 Å². The van der Waals surface area contributed by atoms with Gasteiger partial charge in [0.15, 0.2) is 0 Å². The van der Waals surface area contributed by atoms with Gasteiger partial charge in [-0.3, -0.25) is 4.79 Å². The van der Waals surface area contributed by atoms with E-state index in [4.69, 9.17) is 9.47 Å². The lowest BCUT2D eigenvalue weighted by atomic mass is 9.94. The van der Waals surface area contributed by atoms with Gasteiger partial charge in [0.2, 0.25) is 5.91 Å². The fourth-order valence-electron chi connectivity index (χ4n) is 2.51. The van der Waals surface area contributed by atoms with E-state index in [9.17, 15) is 4.79 Å². The number of ether oxygens (including phenoxy) is 2. The number of nitrogens with one attached hydrogen (secondary N) is 1. The summed E-state index contributed by atoms with van der Waals surface area (Å²) in [6, 6.07) is 15.4. The molecular weight excluding hydrogens is 290 g/mol. The minimum atomic E-state index is -0.440. The fraction of sp³-hybridized carbons (Fsp3) is 0.316. The fourth-order valence-corrected chi connectivity index (χ4v) is 2.51. The molecule has 0 aromatic heterocycles. The van der Waals surface area contributed by atoms with E-state index in [2.05, 4.69) is 5.32 Å². The molecule has 0 saturated heterocycles. The molecule has 4 heteroatoms. The molecule has 0 radical (unpaired) electrons. The number of hydrogen-bond donors (Lipinski definition) is 1. The summed E-state index contributed by atoms with van der Waals surface area (Å²) in [7, 11) is 3.20. The quantitative estimate of drug-likeness (QED) is 0.890.